The molecule has 0 fully saturated rings. The maximum absolute atomic E-state index is 12.8. The molecule has 0 bridgehead atoms. The van der Waals surface area contributed by atoms with Gasteiger partial charge in [-0.05, 0) is 17.7 Å². The molecule has 1 rings (SSSR count). The van der Waals surface area contributed by atoms with Crippen LogP contribution in [0, 0.1) is 5.82 Å². The van der Waals surface area contributed by atoms with E-state index in [1.807, 2.05) is 0 Å². The van der Waals surface area contributed by atoms with Crippen molar-refractivity contribution in [2.24, 2.45) is 0 Å². The van der Waals surface area contributed by atoms with Crippen LogP contribution in [0.1, 0.15) is 5.56 Å². The molecule has 0 aliphatic carbocycles. The first-order valence-electron chi connectivity index (χ1n) is 5.21. The second kappa shape index (κ2) is 7.33. The van der Waals surface area contributed by atoms with Crippen molar-refractivity contribution in [3.05, 3.63) is 35.6 Å². The molecule has 1 aromatic rings. The van der Waals surface area contributed by atoms with Gasteiger partial charge in [0.05, 0.1) is 25.9 Å². The number of hydrogen-bond acceptors (Lipinski definition) is 3. The highest BCUT2D eigenvalue weighted by Gasteiger charge is 2.06. The van der Waals surface area contributed by atoms with Crippen LogP contribution in [0.3, 0.4) is 0 Å². The summed E-state index contributed by atoms with van der Waals surface area (Å²) in [6, 6.07) is 6.20. The Labute approximate surface area is 94.8 Å². The molecule has 0 amide bonds. The SMILES string of the molecule is COCCOCC(O)Cc1cccc(F)c1. The van der Waals surface area contributed by atoms with Crippen molar-refractivity contribution in [3.63, 3.8) is 0 Å². The maximum Gasteiger partial charge on any atom is 0.123 e. The summed E-state index contributed by atoms with van der Waals surface area (Å²) in [5.74, 6) is -0.287. The van der Waals surface area contributed by atoms with Crippen LogP contribution in [0.5, 0.6) is 0 Å². The number of rotatable bonds is 7. The van der Waals surface area contributed by atoms with E-state index < -0.39 is 6.10 Å². The molecular formula is C12H17FO3. The van der Waals surface area contributed by atoms with E-state index in [0.717, 1.165) is 5.56 Å². The average molecular weight is 228 g/mol. The topological polar surface area (TPSA) is 38.7 Å². The quantitative estimate of drug-likeness (QED) is 0.717. The van der Waals surface area contributed by atoms with Gasteiger partial charge in [0.1, 0.15) is 5.82 Å². The zero-order chi connectivity index (χ0) is 11.8. The van der Waals surface area contributed by atoms with Gasteiger partial charge in [0.2, 0.25) is 0 Å². The molecule has 0 aliphatic rings. The summed E-state index contributed by atoms with van der Waals surface area (Å²) in [4.78, 5) is 0. The summed E-state index contributed by atoms with van der Waals surface area (Å²) >= 11 is 0. The Morgan fingerprint density at radius 1 is 1.38 bits per heavy atom. The fraction of sp³-hybridized carbons (Fsp3) is 0.500. The molecule has 0 aliphatic heterocycles. The molecule has 1 atom stereocenters. The largest absolute Gasteiger partial charge is 0.390 e. The number of methoxy groups -OCH3 is 1. The first-order chi connectivity index (χ1) is 7.72. The number of halogens is 1. The Morgan fingerprint density at radius 3 is 2.88 bits per heavy atom. The summed E-state index contributed by atoms with van der Waals surface area (Å²) in [5, 5.41) is 9.60. The van der Waals surface area contributed by atoms with Gasteiger partial charge in [0.25, 0.3) is 0 Å². The minimum absolute atomic E-state index is 0.236. The second-order valence-electron chi connectivity index (χ2n) is 3.56. The molecule has 0 heterocycles. The highest BCUT2D eigenvalue weighted by molar-refractivity contribution is 5.16. The minimum Gasteiger partial charge on any atom is -0.390 e. The van der Waals surface area contributed by atoms with Crippen LogP contribution in [-0.4, -0.2) is 38.1 Å². The van der Waals surface area contributed by atoms with E-state index in [2.05, 4.69) is 0 Å². The molecule has 0 aromatic heterocycles. The Balaban J connectivity index is 2.25. The molecular weight excluding hydrogens is 211 g/mol. The summed E-state index contributed by atoms with van der Waals surface area (Å²) < 4.78 is 22.8. The number of hydrogen-bond donors (Lipinski definition) is 1. The molecule has 90 valence electrons. The van der Waals surface area contributed by atoms with Crippen LogP contribution in [0.15, 0.2) is 24.3 Å². The lowest BCUT2D eigenvalue weighted by atomic mass is 10.1. The fourth-order valence-corrected chi connectivity index (χ4v) is 1.36. The molecule has 0 spiro atoms. The van der Waals surface area contributed by atoms with Crippen molar-refractivity contribution < 1.29 is 19.0 Å². The molecule has 0 saturated heterocycles. The zero-order valence-corrected chi connectivity index (χ0v) is 9.36. The molecule has 1 N–H and O–H groups in total. The van der Waals surface area contributed by atoms with Crippen LogP contribution in [0.2, 0.25) is 0 Å². The fourth-order valence-electron chi connectivity index (χ4n) is 1.36. The first-order valence-corrected chi connectivity index (χ1v) is 5.21. The van der Waals surface area contributed by atoms with Gasteiger partial charge in [0, 0.05) is 13.5 Å². The van der Waals surface area contributed by atoms with E-state index >= 15 is 0 Å². The monoisotopic (exact) mass is 228 g/mol. The summed E-state index contributed by atoms with van der Waals surface area (Å²) in [6.07, 6.45) is -0.219. The van der Waals surface area contributed by atoms with Crippen molar-refractivity contribution in [1.82, 2.24) is 0 Å². The minimum atomic E-state index is -0.612. The van der Waals surface area contributed by atoms with Crippen molar-refractivity contribution in [2.45, 2.75) is 12.5 Å². The molecule has 1 aromatic carbocycles. The van der Waals surface area contributed by atoms with Crippen molar-refractivity contribution in [1.29, 1.82) is 0 Å². The highest BCUT2D eigenvalue weighted by atomic mass is 19.1. The Morgan fingerprint density at radius 2 is 2.19 bits per heavy atom. The third kappa shape index (κ3) is 5.21. The van der Waals surface area contributed by atoms with Crippen molar-refractivity contribution in [2.75, 3.05) is 26.9 Å². The third-order valence-corrected chi connectivity index (χ3v) is 2.10. The van der Waals surface area contributed by atoms with E-state index in [0.29, 0.717) is 19.6 Å². The zero-order valence-electron chi connectivity index (χ0n) is 9.36. The Bertz CT molecular complexity index is 304. The van der Waals surface area contributed by atoms with Gasteiger partial charge in [-0.3, -0.25) is 0 Å². The van der Waals surface area contributed by atoms with Gasteiger partial charge in [-0.25, -0.2) is 4.39 Å². The van der Waals surface area contributed by atoms with Crippen molar-refractivity contribution >= 4 is 0 Å². The Kier molecular flexibility index (Phi) is 6.00. The van der Waals surface area contributed by atoms with Gasteiger partial charge >= 0.3 is 0 Å². The third-order valence-electron chi connectivity index (χ3n) is 2.10. The highest BCUT2D eigenvalue weighted by Crippen LogP contribution is 2.06. The predicted octanol–water partition coefficient (Wildman–Crippen LogP) is 1.39. The summed E-state index contributed by atoms with van der Waals surface area (Å²) in [6.45, 7) is 1.20. The Hall–Kier alpha value is -0.970. The van der Waals surface area contributed by atoms with E-state index in [9.17, 15) is 9.50 Å². The van der Waals surface area contributed by atoms with Gasteiger partial charge in [-0.15, -0.1) is 0 Å². The molecule has 0 radical (unpaired) electrons. The summed E-state index contributed by atoms with van der Waals surface area (Å²) in [5.41, 5.74) is 0.767. The van der Waals surface area contributed by atoms with Gasteiger partial charge in [-0.2, -0.15) is 0 Å². The van der Waals surface area contributed by atoms with E-state index in [-0.39, 0.29) is 12.4 Å². The molecule has 1 unspecified atom stereocenters. The van der Waals surface area contributed by atoms with E-state index in [1.165, 1.54) is 12.1 Å². The summed E-state index contributed by atoms with van der Waals surface area (Å²) in [7, 11) is 1.59. The smallest absolute Gasteiger partial charge is 0.123 e. The number of aliphatic hydroxyl groups is 1. The van der Waals surface area contributed by atoms with Crippen molar-refractivity contribution in [3.8, 4) is 0 Å². The first kappa shape index (κ1) is 13.1. The number of ether oxygens (including phenoxy) is 2. The van der Waals surface area contributed by atoms with E-state index in [1.54, 1.807) is 19.2 Å². The normalized spacial score (nSPS) is 12.7. The van der Waals surface area contributed by atoms with Crippen LogP contribution < -0.4 is 0 Å². The standard InChI is InChI=1S/C12H17FO3/c1-15-5-6-16-9-12(14)8-10-3-2-4-11(13)7-10/h2-4,7,12,14H,5-6,8-9H2,1H3. The molecule has 4 heteroatoms. The molecule has 3 nitrogen and oxygen atoms in total. The number of benzene rings is 1. The second-order valence-corrected chi connectivity index (χ2v) is 3.56. The lowest BCUT2D eigenvalue weighted by molar-refractivity contribution is 0.0137. The van der Waals surface area contributed by atoms with Crippen LogP contribution in [0.25, 0.3) is 0 Å². The molecule has 16 heavy (non-hydrogen) atoms. The van der Waals surface area contributed by atoms with Crippen LogP contribution >= 0.6 is 0 Å². The van der Waals surface area contributed by atoms with Gasteiger partial charge in [-0.1, -0.05) is 12.1 Å². The average Bonchev–Trinajstić information content (AvgIpc) is 2.24. The van der Waals surface area contributed by atoms with Crippen LogP contribution in [0.4, 0.5) is 4.39 Å². The van der Waals surface area contributed by atoms with Gasteiger partial charge in [0.15, 0.2) is 0 Å². The number of aliphatic hydroxyl groups excluding tert-OH is 1. The maximum atomic E-state index is 12.8. The van der Waals surface area contributed by atoms with E-state index in [4.69, 9.17) is 9.47 Å². The van der Waals surface area contributed by atoms with Crippen LogP contribution in [-0.2, 0) is 15.9 Å². The lowest BCUT2D eigenvalue weighted by Crippen LogP contribution is -2.19. The lowest BCUT2D eigenvalue weighted by Gasteiger charge is -2.11. The predicted molar refractivity (Wildman–Crippen MR) is 58.8 cm³/mol. The van der Waals surface area contributed by atoms with Gasteiger partial charge < -0.3 is 14.6 Å². The molecule has 0 saturated carbocycles.